The molecule has 2 aliphatic rings. The molecular weight excluding hydrogens is 362 g/mol. The van der Waals surface area contributed by atoms with E-state index in [0.717, 1.165) is 50.6 Å². The zero-order valence-electron chi connectivity index (χ0n) is 16.1. The summed E-state index contributed by atoms with van der Waals surface area (Å²) in [6, 6.07) is 9.98. The number of hydrogen-bond acceptors (Lipinski definition) is 4. The van der Waals surface area contributed by atoms with E-state index in [-0.39, 0.29) is 12.2 Å². The minimum Gasteiger partial charge on any atom is -0.375 e. The van der Waals surface area contributed by atoms with E-state index in [1.807, 2.05) is 30.3 Å². The molecule has 1 N–H and O–H groups in total. The Bertz CT molecular complexity index is 620. The zero-order chi connectivity index (χ0) is 18.9. The molecule has 0 spiro atoms. The van der Waals surface area contributed by atoms with E-state index in [1.165, 1.54) is 0 Å². The molecule has 1 aromatic rings. The lowest BCUT2D eigenvalue weighted by Gasteiger charge is -2.37. The van der Waals surface area contributed by atoms with Crippen LogP contribution >= 0.6 is 0 Å². The van der Waals surface area contributed by atoms with E-state index >= 15 is 0 Å². The van der Waals surface area contributed by atoms with Crippen molar-refractivity contribution in [2.75, 3.05) is 45.1 Å². The van der Waals surface area contributed by atoms with Crippen molar-refractivity contribution in [1.29, 1.82) is 0 Å². The van der Waals surface area contributed by atoms with Crippen LogP contribution in [-0.4, -0.2) is 72.4 Å². The van der Waals surface area contributed by atoms with Gasteiger partial charge in [-0.15, -0.1) is 0 Å². The van der Waals surface area contributed by atoms with Crippen LogP contribution in [0.1, 0.15) is 25.3 Å². The van der Waals surface area contributed by atoms with Gasteiger partial charge >= 0.3 is 0 Å². The molecule has 27 heavy (non-hydrogen) atoms. The van der Waals surface area contributed by atoms with Crippen LogP contribution in [0.5, 0.6) is 0 Å². The first-order valence-corrected chi connectivity index (χ1v) is 11.4. The number of morpholine rings is 1. The van der Waals surface area contributed by atoms with Gasteiger partial charge in [-0.2, -0.15) is 0 Å². The minimum absolute atomic E-state index is 0.109. The molecule has 1 aromatic carbocycles. The van der Waals surface area contributed by atoms with E-state index < -0.39 is 10.8 Å². The summed E-state index contributed by atoms with van der Waals surface area (Å²) in [5.41, 5.74) is 1.11. The lowest BCUT2D eigenvalue weighted by molar-refractivity contribution is -0.0816. The third-order valence-electron chi connectivity index (χ3n) is 4.86. The van der Waals surface area contributed by atoms with Crippen molar-refractivity contribution in [2.24, 2.45) is 4.99 Å². The van der Waals surface area contributed by atoms with Crippen molar-refractivity contribution in [3.05, 3.63) is 35.9 Å². The fourth-order valence-electron chi connectivity index (χ4n) is 3.50. The molecule has 7 heteroatoms. The molecule has 0 saturated carbocycles. The molecule has 3 rings (SSSR count). The van der Waals surface area contributed by atoms with Crippen molar-refractivity contribution in [3.8, 4) is 0 Å². The lowest BCUT2D eigenvalue weighted by atomic mass is 10.1. The van der Waals surface area contributed by atoms with E-state index in [2.05, 4.69) is 17.1 Å². The van der Waals surface area contributed by atoms with Crippen LogP contribution in [0, 0.1) is 0 Å². The average molecular weight is 394 g/mol. The quantitative estimate of drug-likeness (QED) is 0.565. The number of nitrogens with one attached hydrogen (secondary N) is 1. The molecule has 6 nitrogen and oxygen atoms in total. The Kier molecular flexibility index (Phi) is 8.10. The van der Waals surface area contributed by atoms with E-state index in [1.54, 1.807) is 0 Å². The SMILES string of the molecule is CCNC(=NCCS(=O)Cc1ccccc1)N1CCOC(C2CCCO2)C1. The first-order chi connectivity index (χ1) is 13.3. The third-order valence-corrected chi connectivity index (χ3v) is 6.15. The fraction of sp³-hybridized carbons (Fsp3) is 0.650. The predicted octanol–water partition coefficient (Wildman–Crippen LogP) is 1.78. The summed E-state index contributed by atoms with van der Waals surface area (Å²) >= 11 is 0. The normalized spacial score (nSPS) is 24.8. The first-order valence-electron chi connectivity index (χ1n) is 9.91. The van der Waals surface area contributed by atoms with Gasteiger partial charge in [0.05, 0.1) is 19.3 Å². The lowest BCUT2D eigenvalue weighted by Crippen LogP contribution is -2.53. The van der Waals surface area contributed by atoms with E-state index in [0.29, 0.717) is 24.7 Å². The highest BCUT2D eigenvalue weighted by atomic mass is 32.2. The first kappa shape index (κ1) is 20.3. The number of hydrogen-bond donors (Lipinski definition) is 1. The average Bonchev–Trinajstić information content (AvgIpc) is 3.23. The van der Waals surface area contributed by atoms with Crippen LogP contribution < -0.4 is 5.32 Å². The van der Waals surface area contributed by atoms with Crippen molar-refractivity contribution in [1.82, 2.24) is 10.2 Å². The summed E-state index contributed by atoms with van der Waals surface area (Å²) in [7, 11) is -0.903. The number of aliphatic imine (C=N–C) groups is 1. The zero-order valence-corrected chi connectivity index (χ0v) is 17.0. The van der Waals surface area contributed by atoms with Gasteiger partial charge in [-0.05, 0) is 25.3 Å². The van der Waals surface area contributed by atoms with Gasteiger partial charge in [0.25, 0.3) is 0 Å². The highest BCUT2D eigenvalue weighted by Gasteiger charge is 2.32. The van der Waals surface area contributed by atoms with Crippen molar-refractivity contribution < 1.29 is 13.7 Å². The summed E-state index contributed by atoms with van der Waals surface area (Å²) in [5.74, 6) is 2.05. The van der Waals surface area contributed by atoms with Crippen molar-refractivity contribution >= 4 is 16.8 Å². The molecule has 0 bridgehead atoms. The van der Waals surface area contributed by atoms with Gasteiger partial charge in [-0.25, -0.2) is 0 Å². The maximum absolute atomic E-state index is 12.3. The Morgan fingerprint density at radius 1 is 1.26 bits per heavy atom. The monoisotopic (exact) mass is 393 g/mol. The van der Waals surface area contributed by atoms with Crippen molar-refractivity contribution in [3.63, 3.8) is 0 Å². The second-order valence-corrected chi connectivity index (χ2v) is 8.49. The van der Waals surface area contributed by atoms with E-state index in [4.69, 9.17) is 14.5 Å². The molecule has 2 aliphatic heterocycles. The van der Waals surface area contributed by atoms with Gasteiger partial charge in [0.2, 0.25) is 0 Å². The standard InChI is InChI=1S/C20H31N3O3S/c1-2-21-20(22-10-14-27(24)16-17-7-4-3-5-8-17)23-11-13-26-19(15-23)18-9-6-12-25-18/h3-5,7-8,18-19H,2,6,9-16H2,1H3,(H,21,22). The molecule has 0 amide bonds. The van der Waals surface area contributed by atoms with Gasteiger partial charge in [-0.3, -0.25) is 9.20 Å². The molecule has 2 fully saturated rings. The van der Waals surface area contributed by atoms with Crippen LogP contribution in [-0.2, 0) is 26.0 Å². The fourth-order valence-corrected chi connectivity index (χ4v) is 4.50. The molecule has 3 unspecified atom stereocenters. The predicted molar refractivity (Wildman–Crippen MR) is 109 cm³/mol. The molecular formula is C20H31N3O3S. The molecule has 0 aromatic heterocycles. The van der Waals surface area contributed by atoms with Crippen molar-refractivity contribution in [2.45, 2.75) is 37.7 Å². The van der Waals surface area contributed by atoms with Gasteiger partial charge in [0.1, 0.15) is 6.10 Å². The molecule has 150 valence electrons. The topological polar surface area (TPSA) is 63.2 Å². The highest BCUT2D eigenvalue weighted by molar-refractivity contribution is 7.84. The number of rotatable bonds is 7. The molecule has 3 atom stereocenters. The molecule has 0 radical (unpaired) electrons. The Morgan fingerprint density at radius 3 is 2.81 bits per heavy atom. The Balaban J connectivity index is 1.51. The van der Waals surface area contributed by atoms with Crippen LogP contribution in [0.3, 0.4) is 0 Å². The van der Waals surface area contributed by atoms with Crippen LogP contribution in [0.15, 0.2) is 35.3 Å². The van der Waals surface area contributed by atoms with Crippen LogP contribution in [0.2, 0.25) is 0 Å². The maximum atomic E-state index is 12.3. The van der Waals surface area contributed by atoms with E-state index in [9.17, 15) is 4.21 Å². The summed E-state index contributed by atoms with van der Waals surface area (Å²) in [5, 5.41) is 3.37. The summed E-state index contributed by atoms with van der Waals surface area (Å²) < 4.78 is 24.1. The summed E-state index contributed by atoms with van der Waals surface area (Å²) in [6.07, 6.45) is 2.50. The van der Waals surface area contributed by atoms with Gasteiger partial charge in [0.15, 0.2) is 5.96 Å². The van der Waals surface area contributed by atoms with Gasteiger partial charge < -0.3 is 19.7 Å². The number of nitrogens with zero attached hydrogens (tertiary/aromatic N) is 2. The molecule has 0 aliphatic carbocycles. The van der Waals surface area contributed by atoms with Crippen LogP contribution in [0.25, 0.3) is 0 Å². The largest absolute Gasteiger partial charge is 0.375 e. The number of guanidine groups is 1. The number of benzene rings is 1. The van der Waals surface area contributed by atoms with Crippen LogP contribution in [0.4, 0.5) is 0 Å². The highest BCUT2D eigenvalue weighted by Crippen LogP contribution is 2.21. The molecule has 2 heterocycles. The van der Waals surface area contributed by atoms with Gasteiger partial charge in [0, 0.05) is 48.5 Å². The maximum Gasteiger partial charge on any atom is 0.194 e. The summed E-state index contributed by atoms with van der Waals surface area (Å²) in [6.45, 7) is 6.59. The minimum atomic E-state index is -0.903. The Morgan fingerprint density at radius 2 is 2.07 bits per heavy atom. The second kappa shape index (κ2) is 10.8. The smallest absolute Gasteiger partial charge is 0.194 e. The second-order valence-electron chi connectivity index (χ2n) is 6.92. The summed E-state index contributed by atoms with van der Waals surface area (Å²) in [4.78, 5) is 6.97. The Hall–Kier alpha value is -1.44. The Labute approximate surface area is 164 Å². The van der Waals surface area contributed by atoms with Gasteiger partial charge in [-0.1, -0.05) is 30.3 Å². The third kappa shape index (κ3) is 6.30. The molecule has 2 saturated heterocycles. The number of ether oxygens (including phenoxy) is 2.